The molecule has 0 fully saturated rings. The van der Waals surface area contributed by atoms with E-state index in [-0.39, 0.29) is 21.2 Å². The van der Waals surface area contributed by atoms with Crippen LogP contribution in [0.5, 0.6) is 0 Å². The summed E-state index contributed by atoms with van der Waals surface area (Å²) in [6.07, 6.45) is 0.344. The molecule has 0 aromatic heterocycles. The molecule has 10 heteroatoms. The minimum atomic E-state index is -3.96. The normalized spacial score (nSPS) is 12.1. The van der Waals surface area contributed by atoms with Crippen LogP contribution in [0.2, 0.25) is 15.1 Å². The lowest BCUT2D eigenvalue weighted by Gasteiger charge is -2.12. The lowest BCUT2D eigenvalue weighted by Crippen LogP contribution is -2.27. The molecule has 0 aliphatic carbocycles. The van der Waals surface area contributed by atoms with E-state index in [4.69, 9.17) is 34.8 Å². The second-order valence-corrected chi connectivity index (χ2v) is 11.7. The van der Waals surface area contributed by atoms with Crippen molar-refractivity contribution in [1.82, 2.24) is 4.72 Å². The standard InChI is InChI=1S/C21H18Cl3NO4S2/c1-14-2-7-19(30(26,27)18-8-5-16(22)6-9-18)13-21(14)31(28,29)25-11-10-15-3-4-17(23)12-20(15)24/h2-9,12-13,25H,10-11H2,1H3. The van der Waals surface area contributed by atoms with E-state index in [1.165, 1.54) is 36.4 Å². The molecule has 31 heavy (non-hydrogen) atoms. The summed E-state index contributed by atoms with van der Waals surface area (Å²) >= 11 is 17.8. The average molecular weight is 519 g/mol. The van der Waals surface area contributed by atoms with Gasteiger partial charge in [0.05, 0.1) is 14.7 Å². The molecule has 0 atom stereocenters. The highest BCUT2D eigenvalue weighted by atomic mass is 35.5. The highest BCUT2D eigenvalue weighted by Crippen LogP contribution is 2.26. The average Bonchev–Trinajstić information content (AvgIpc) is 2.70. The molecule has 3 rings (SSSR count). The van der Waals surface area contributed by atoms with Gasteiger partial charge in [-0.25, -0.2) is 21.6 Å². The van der Waals surface area contributed by atoms with Crippen molar-refractivity contribution in [2.45, 2.75) is 28.0 Å². The van der Waals surface area contributed by atoms with Crippen LogP contribution in [-0.2, 0) is 26.3 Å². The maximum Gasteiger partial charge on any atom is 0.240 e. The van der Waals surface area contributed by atoms with Crippen molar-refractivity contribution in [3.05, 3.63) is 86.9 Å². The first-order valence-electron chi connectivity index (χ1n) is 9.05. The third-order valence-corrected chi connectivity index (χ3v) is 8.79. The van der Waals surface area contributed by atoms with Crippen molar-refractivity contribution in [3.63, 3.8) is 0 Å². The van der Waals surface area contributed by atoms with Crippen molar-refractivity contribution in [1.29, 1.82) is 0 Å². The summed E-state index contributed by atoms with van der Waals surface area (Å²) in [5.41, 5.74) is 1.16. The Morgan fingerprint density at radius 1 is 0.774 bits per heavy atom. The molecule has 0 unspecified atom stereocenters. The molecule has 3 aromatic carbocycles. The molecule has 0 aliphatic rings. The van der Waals surface area contributed by atoms with Crippen LogP contribution in [0.25, 0.3) is 0 Å². The first-order valence-corrected chi connectivity index (χ1v) is 13.2. The largest absolute Gasteiger partial charge is 0.240 e. The van der Waals surface area contributed by atoms with Crippen molar-refractivity contribution < 1.29 is 16.8 Å². The summed E-state index contributed by atoms with van der Waals surface area (Å²) in [4.78, 5) is -0.208. The molecule has 164 valence electrons. The van der Waals surface area contributed by atoms with Gasteiger partial charge < -0.3 is 0 Å². The molecule has 0 aliphatic heterocycles. The van der Waals surface area contributed by atoms with E-state index in [1.807, 2.05) is 0 Å². The Morgan fingerprint density at radius 2 is 1.39 bits per heavy atom. The molecule has 0 bridgehead atoms. The van der Waals surface area contributed by atoms with Crippen LogP contribution < -0.4 is 4.72 Å². The zero-order chi connectivity index (χ0) is 22.8. The molecule has 5 nitrogen and oxygen atoms in total. The van der Waals surface area contributed by atoms with Gasteiger partial charge in [-0.05, 0) is 73.0 Å². The van der Waals surface area contributed by atoms with Gasteiger partial charge in [0.2, 0.25) is 19.9 Å². The van der Waals surface area contributed by atoms with E-state index >= 15 is 0 Å². The number of aryl methyl sites for hydroxylation is 1. The number of halogens is 3. The maximum atomic E-state index is 12.9. The number of rotatable bonds is 7. The van der Waals surface area contributed by atoms with E-state index in [2.05, 4.69) is 4.72 Å². The number of benzene rings is 3. The Kier molecular flexibility index (Phi) is 7.35. The van der Waals surface area contributed by atoms with Crippen LogP contribution in [-0.4, -0.2) is 23.4 Å². The second kappa shape index (κ2) is 9.48. The summed E-state index contributed by atoms with van der Waals surface area (Å²) in [6, 6.07) is 14.7. The lowest BCUT2D eigenvalue weighted by molar-refractivity contribution is 0.580. The highest BCUT2D eigenvalue weighted by molar-refractivity contribution is 7.91. The van der Waals surface area contributed by atoms with Crippen molar-refractivity contribution in [2.24, 2.45) is 0 Å². The van der Waals surface area contributed by atoms with Gasteiger partial charge in [0.1, 0.15) is 0 Å². The fraction of sp³-hybridized carbons (Fsp3) is 0.143. The van der Waals surface area contributed by atoms with Crippen LogP contribution in [0.1, 0.15) is 11.1 Å². The van der Waals surface area contributed by atoms with E-state index in [0.29, 0.717) is 27.1 Å². The molecule has 0 heterocycles. The Balaban J connectivity index is 1.85. The quantitative estimate of drug-likeness (QED) is 0.460. The molecule has 0 amide bonds. The second-order valence-electron chi connectivity index (χ2n) is 6.77. The molecule has 0 spiro atoms. The van der Waals surface area contributed by atoms with Gasteiger partial charge >= 0.3 is 0 Å². The fourth-order valence-corrected chi connectivity index (χ4v) is 6.20. The molecule has 3 aromatic rings. The summed E-state index contributed by atoms with van der Waals surface area (Å²) in [7, 11) is -7.87. The first kappa shape index (κ1) is 24.0. The summed E-state index contributed by atoms with van der Waals surface area (Å²) < 4.78 is 54.1. The van der Waals surface area contributed by atoms with E-state index in [9.17, 15) is 16.8 Å². The van der Waals surface area contributed by atoms with Gasteiger partial charge in [0.15, 0.2) is 0 Å². The van der Waals surface area contributed by atoms with E-state index in [1.54, 1.807) is 25.1 Å². The molecule has 0 saturated heterocycles. The third kappa shape index (κ3) is 5.61. The zero-order valence-corrected chi connectivity index (χ0v) is 20.2. The molecular formula is C21H18Cl3NO4S2. The van der Waals surface area contributed by atoms with Gasteiger partial charge in [-0.2, -0.15) is 0 Å². The Bertz CT molecular complexity index is 1320. The number of sulfonamides is 1. The van der Waals surface area contributed by atoms with Gasteiger partial charge in [0, 0.05) is 21.6 Å². The molecule has 1 N–H and O–H groups in total. The predicted octanol–water partition coefficient (Wildman–Crippen LogP) is 5.31. The van der Waals surface area contributed by atoms with Crippen molar-refractivity contribution >= 4 is 54.7 Å². The maximum absolute atomic E-state index is 12.9. The summed E-state index contributed by atoms with van der Waals surface area (Å²) in [6.45, 7) is 1.68. The van der Waals surface area contributed by atoms with Crippen LogP contribution in [0, 0.1) is 6.92 Å². The van der Waals surface area contributed by atoms with Crippen LogP contribution >= 0.6 is 34.8 Å². The van der Waals surface area contributed by atoms with Crippen LogP contribution in [0.3, 0.4) is 0 Å². The van der Waals surface area contributed by atoms with Crippen LogP contribution in [0.4, 0.5) is 0 Å². The molecule has 0 radical (unpaired) electrons. The number of sulfone groups is 1. The van der Waals surface area contributed by atoms with E-state index < -0.39 is 19.9 Å². The summed E-state index contributed by atoms with van der Waals surface area (Å²) in [5.74, 6) is 0. The van der Waals surface area contributed by atoms with Gasteiger partial charge in [0.25, 0.3) is 0 Å². The Morgan fingerprint density at radius 3 is 2.03 bits per heavy atom. The van der Waals surface area contributed by atoms with Crippen molar-refractivity contribution in [2.75, 3.05) is 6.54 Å². The molecule has 0 saturated carbocycles. The number of nitrogens with one attached hydrogen (secondary N) is 1. The zero-order valence-electron chi connectivity index (χ0n) is 16.3. The van der Waals surface area contributed by atoms with Crippen molar-refractivity contribution in [3.8, 4) is 0 Å². The van der Waals surface area contributed by atoms with Crippen LogP contribution in [0.15, 0.2) is 75.4 Å². The van der Waals surface area contributed by atoms with E-state index in [0.717, 1.165) is 11.6 Å². The fourth-order valence-electron chi connectivity index (χ4n) is 2.91. The minimum Gasteiger partial charge on any atom is -0.219 e. The smallest absolute Gasteiger partial charge is 0.219 e. The summed E-state index contributed by atoms with van der Waals surface area (Å²) in [5, 5.41) is 1.33. The molecular weight excluding hydrogens is 501 g/mol. The monoisotopic (exact) mass is 517 g/mol. The third-order valence-electron chi connectivity index (χ3n) is 4.58. The highest BCUT2D eigenvalue weighted by Gasteiger charge is 2.23. The number of hydrogen-bond acceptors (Lipinski definition) is 4. The Labute approximate surface area is 196 Å². The SMILES string of the molecule is Cc1ccc(S(=O)(=O)c2ccc(Cl)cc2)cc1S(=O)(=O)NCCc1ccc(Cl)cc1Cl. The first-order chi connectivity index (χ1) is 14.5. The van der Waals surface area contributed by atoms with Gasteiger partial charge in [-0.15, -0.1) is 0 Å². The van der Waals surface area contributed by atoms with Gasteiger partial charge in [-0.3, -0.25) is 0 Å². The minimum absolute atomic E-state index is 0.0226. The lowest BCUT2D eigenvalue weighted by atomic mass is 10.1. The number of hydrogen-bond donors (Lipinski definition) is 1. The Hall–Kier alpha value is -1.61. The topological polar surface area (TPSA) is 80.3 Å². The predicted molar refractivity (Wildman–Crippen MR) is 123 cm³/mol. The van der Waals surface area contributed by atoms with Gasteiger partial charge in [-0.1, -0.05) is 46.9 Å².